The molecule has 0 bridgehead atoms. The molecule has 0 saturated carbocycles. The lowest BCUT2D eigenvalue weighted by atomic mass is 10.0. The van der Waals surface area contributed by atoms with Gasteiger partial charge in [-0.1, -0.05) is 61.0 Å². The van der Waals surface area contributed by atoms with E-state index >= 15 is 0 Å². The number of benzene rings is 2. The van der Waals surface area contributed by atoms with E-state index in [1.54, 1.807) is 0 Å². The Bertz CT molecular complexity index is 696. The van der Waals surface area contributed by atoms with Crippen LogP contribution in [0.15, 0.2) is 54.6 Å². The summed E-state index contributed by atoms with van der Waals surface area (Å²) in [7, 11) is 0. The molecule has 1 saturated heterocycles. The van der Waals surface area contributed by atoms with Crippen molar-refractivity contribution in [2.45, 2.75) is 13.8 Å². The van der Waals surface area contributed by atoms with E-state index in [0.717, 1.165) is 11.6 Å². The van der Waals surface area contributed by atoms with Crippen LogP contribution in [0.25, 0.3) is 16.7 Å². The van der Waals surface area contributed by atoms with E-state index in [1.807, 2.05) is 12.1 Å². The normalized spacial score (nSPS) is 17.0. The minimum Gasteiger partial charge on any atom is -0.301 e. The highest BCUT2D eigenvalue weighted by Crippen LogP contribution is 2.24. The average Bonchev–Trinajstić information content (AvgIpc) is 2.67. The molecule has 1 heterocycles. The Labute approximate surface area is 156 Å². The third-order valence-electron chi connectivity index (χ3n) is 5.09. The third-order valence-corrected chi connectivity index (χ3v) is 5.34. The minimum atomic E-state index is 0.777. The van der Waals surface area contributed by atoms with E-state index in [9.17, 15) is 0 Å². The van der Waals surface area contributed by atoms with Gasteiger partial charge in [-0.3, -0.25) is 4.90 Å². The van der Waals surface area contributed by atoms with Crippen LogP contribution in [0.4, 0.5) is 0 Å². The first-order valence-electron chi connectivity index (χ1n) is 9.13. The lowest BCUT2D eigenvalue weighted by molar-refractivity contribution is 0.148. The maximum absolute atomic E-state index is 5.97. The van der Waals surface area contributed by atoms with Gasteiger partial charge in [0.05, 0.1) is 0 Å². The Kier molecular flexibility index (Phi) is 6.30. The van der Waals surface area contributed by atoms with Crippen molar-refractivity contribution in [1.82, 2.24) is 9.80 Å². The highest BCUT2D eigenvalue weighted by Gasteiger charge is 2.14. The summed E-state index contributed by atoms with van der Waals surface area (Å²) < 4.78 is 0. The fraction of sp³-hybridized carbons (Fsp3) is 0.364. The van der Waals surface area contributed by atoms with E-state index < -0.39 is 0 Å². The largest absolute Gasteiger partial charge is 0.301 e. The maximum Gasteiger partial charge on any atom is 0.0406 e. The fourth-order valence-corrected chi connectivity index (χ4v) is 3.37. The molecule has 1 aliphatic heterocycles. The zero-order chi connectivity index (χ0) is 17.6. The Hall–Kier alpha value is -1.61. The predicted octanol–water partition coefficient (Wildman–Crippen LogP) is 5.05. The monoisotopic (exact) mass is 354 g/mol. The highest BCUT2D eigenvalue weighted by molar-refractivity contribution is 6.30. The van der Waals surface area contributed by atoms with Crippen molar-refractivity contribution in [3.8, 4) is 11.1 Å². The molecule has 0 N–H and O–H groups in total. The minimum absolute atomic E-state index is 0.777. The molecule has 0 atom stereocenters. The molecule has 1 fully saturated rings. The summed E-state index contributed by atoms with van der Waals surface area (Å²) >= 11 is 5.97. The fourth-order valence-electron chi connectivity index (χ4n) is 3.24. The second-order valence-electron chi connectivity index (χ2n) is 6.71. The molecular weight excluding hydrogens is 328 g/mol. The summed E-state index contributed by atoms with van der Waals surface area (Å²) in [5.41, 5.74) is 5.07. The van der Waals surface area contributed by atoms with E-state index in [0.29, 0.717) is 0 Å². The lowest BCUT2D eigenvalue weighted by Crippen LogP contribution is -2.46. The standard InChI is InChI=1S/C22H27ClN2/c1-3-24-14-16-25(17-15-24)13-12-18(2)19-4-6-20(7-5-19)21-8-10-22(23)11-9-21/h4-12H,3,13-17H2,1-2H3/b18-12-. The topological polar surface area (TPSA) is 6.48 Å². The Morgan fingerprint density at radius 1 is 0.880 bits per heavy atom. The summed E-state index contributed by atoms with van der Waals surface area (Å²) in [6.45, 7) is 11.4. The molecule has 2 nitrogen and oxygen atoms in total. The van der Waals surface area contributed by atoms with E-state index in [1.165, 1.54) is 55.0 Å². The van der Waals surface area contributed by atoms with Crippen LogP contribution in [0.3, 0.4) is 0 Å². The smallest absolute Gasteiger partial charge is 0.0406 e. The lowest BCUT2D eigenvalue weighted by Gasteiger charge is -2.33. The van der Waals surface area contributed by atoms with E-state index in [4.69, 9.17) is 11.6 Å². The summed E-state index contributed by atoms with van der Waals surface area (Å²) in [4.78, 5) is 5.06. The van der Waals surface area contributed by atoms with Gasteiger partial charge in [-0.2, -0.15) is 0 Å². The van der Waals surface area contributed by atoms with Gasteiger partial charge in [0.2, 0.25) is 0 Å². The quantitative estimate of drug-likeness (QED) is 0.741. The first-order chi connectivity index (χ1) is 12.2. The van der Waals surface area contributed by atoms with Crippen molar-refractivity contribution in [3.05, 3.63) is 65.2 Å². The predicted molar refractivity (Wildman–Crippen MR) is 109 cm³/mol. The molecule has 25 heavy (non-hydrogen) atoms. The average molecular weight is 355 g/mol. The van der Waals surface area contributed by atoms with Crippen LogP contribution >= 0.6 is 11.6 Å². The van der Waals surface area contributed by atoms with Crippen LogP contribution in [0, 0.1) is 0 Å². The van der Waals surface area contributed by atoms with E-state index in [2.05, 4.69) is 66.1 Å². The Balaban J connectivity index is 1.60. The van der Waals surface area contributed by atoms with Crippen LogP contribution in [0.1, 0.15) is 19.4 Å². The molecule has 0 spiro atoms. The zero-order valence-electron chi connectivity index (χ0n) is 15.2. The van der Waals surface area contributed by atoms with Gasteiger partial charge in [0.25, 0.3) is 0 Å². The van der Waals surface area contributed by atoms with Crippen LogP contribution in [0.2, 0.25) is 5.02 Å². The molecule has 0 aromatic heterocycles. The van der Waals surface area contributed by atoms with Gasteiger partial charge < -0.3 is 4.90 Å². The number of allylic oxidation sites excluding steroid dienone is 1. The molecule has 0 unspecified atom stereocenters. The molecule has 132 valence electrons. The van der Waals surface area contributed by atoms with Gasteiger partial charge >= 0.3 is 0 Å². The molecule has 2 aromatic rings. The molecule has 3 heteroatoms. The van der Waals surface area contributed by atoms with Crippen LogP contribution in [-0.2, 0) is 0 Å². The number of hydrogen-bond donors (Lipinski definition) is 0. The van der Waals surface area contributed by atoms with Crippen molar-refractivity contribution in [2.24, 2.45) is 0 Å². The van der Waals surface area contributed by atoms with Crippen molar-refractivity contribution in [1.29, 1.82) is 0 Å². The number of hydrogen-bond acceptors (Lipinski definition) is 2. The number of halogens is 1. The summed E-state index contributed by atoms with van der Waals surface area (Å²) in [5, 5.41) is 0.777. The van der Waals surface area contributed by atoms with Gasteiger partial charge in [-0.25, -0.2) is 0 Å². The van der Waals surface area contributed by atoms with Gasteiger partial charge in [0.15, 0.2) is 0 Å². The van der Waals surface area contributed by atoms with Crippen LogP contribution in [-0.4, -0.2) is 49.1 Å². The van der Waals surface area contributed by atoms with E-state index in [-0.39, 0.29) is 0 Å². The summed E-state index contributed by atoms with van der Waals surface area (Å²) in [5.74, 6) is 0. The van der Waals surface area contributed by atoms with Gasteiger partial charge in [0, 0.05) is 37.7 Å². The van der Waals surface area contributed by atoms with Crippen LogP contribution in [0.5, 0.6) is 0 Å². The van der Waals surface area contributed by atoms with Crippen molar-refractivity contribution in [2.75, 3.05) is 39.3 Å². The van der Waals surface area contributed by atoms with Gasteiger partial charge in [-0.15, -0.1) is 0 Å². The molecule has 3 rings (SSSR count). The molecule has 2 aromatic carbocycles. The molecule has 0 amide bonds. The molecule has 0 radical (unpaired) electrons. The summed E-state index contributed by atoms with van der Waals surface area (Å²) in [6.07, 6.45) is 2.36. The van der Waals surface area contributed by atoms with Crippen molar-refractivity contribution in [3.63, 3.8) is 0 Å². The molecule has 0 aliphatic carbocycles. The molecule has 1 aliphatic rings. The van der Waals surface area contributed by atoms with Crippen molar-refractivity contribution >= 4 is 17.2 Å². The highest BCUT2D eigenvalue weighted by atomic mass is 35.5. The number of nitrogens with zero attached hydrogens (tertiary/aromatic N) is 2. The van der Waals surface area contributed by atoms with Gasteiger partial charge in [0.1, 0.15) is 0 Å². The first-order valence-corrected chi connectivity index (χ1v) is 9.51. The first kappa shape index (κ1) is 18.2. The maximum atomic E-state index is 5.97. The Morgan fingerprint density at radius 3 is 1.96 bits per heavy atom. The molecular formula is C22H27ClN2. The number of rotatable bonds is 5. The Morgan fingerprint density at radius 2 is 1.40 bits per heavy atom. The zero-order valence-corrected chi connectivity index (χ0v) is 16.0. The second kappa shape index (κ2) is 8.66. The second-order valence-corrected chi connectivity index (χ2v) is 7.14. The third kappa shape index (κ3) is 4.94. The summed E-state index contributed by atoms with van der Waals surface area (Å²) in [6, 6.07) is 16.8. The number of likely N-dealkylation sites (N-methyl/N-ethyl adjacent to an activating group) is 1. The number of piperazine rings is 1. The van der Waals surface area contributed by atoms with Crippen LogP contribution < -0.4 is 0 Å². The van der Waals surface area contributed by atoms with Gasteiger partial charge in [-0.05, 0) is 47.9 Å². The SMILES string of the molecule is CCN1CCN(C/C=C(/C)c2ccc(-c3ccc(Cl)cc3)cc2)CC1. The van der Waals surface area contributed by atoms with Crippen molar-refractivity contribution < 1.29 is 0 Å².